The minimum Gasteiger partial charge on any atom is -0.495 e. The first kappa shape index (κ1) is 12.7. The van der Waals surface area contributed by atoms with Gasteiger partial charge in [-0.2, -0.15) is 0 Å². The van der Waals surface area contributed by atoms with Gasteiger partial charge in [-0.1, -0.05) is 42.5 Å². The van der Waals surface area contributed by atoms with E-state index in [1.807, 2.05) is 61.5 Å². The Morgan fingerprint density at radius 3 is 2.35 bits per heavy atom. The second-order valence-corrected chi connectivity index (χ2v) is 5.26. The van der Waals surface area contributed by atoms with E-state index in [4.69, 9.17) is 4.74 Å². The number of amides is 1. The lowest BCUT2D eigenvalue weighted by Crippen LogP contribution is -2.63. The van der Waals surface area contributed by atoms with E-state index in [0.29, 0.717) is 6.54 Å². The molecule has 1 heterocycles. The maximum atomic E-state index is 12.6. The summed E-state index contributed by atoms with van der Waals surface area (Å²) in [6, 6.07) is 17.6. The second kappa shape index (κ2) is 4.67. The second-order valence-electron chi connectivity index (χ2n) is 5.26. The molecule has 20 heavy (non-hydrogen) atoms. The zero-order chi connectivity index (χ0) is 14.2. The summed E-state index contributed by atoms with van der Waals surface area (Å²) in [4.78, 5) is 14.4. The Hall–Kier alpha value is -2.29. The van der Waals surface area contributed by atoms with Gasteiger partial charge in [-0.25, -0.2) is 0 Å². The van der Waals surface area contributed by atoms with Crippen molar-refractivity contribution < 1.29 is 9.53 Å². The lowest BCUT2D eigenvalue weighted by atomic mass is 9.74. The summed E-state index contributed by atoms with van der Waals surface area (Å²) >= 11 is 0. The molecule has 3 rings (SSSR count). The fourth-order valence-corrected chi connectivity index (χ4v) is 2.73. The normalized spacial score (nSPS) is 21.5. The van der Waals surface area contributed by atoms with E-state index in [0.717, 1.165) is 17.0 Å². The van der Waals surface area contributed by atoms with Gasteiger partial charge in [-0.3, -0.25) is 4.79 Å². The summed E-state index contributed by atoms with van der Waals surface area (Å²) in [5, 5.41) is 0. The van der Waals surface area contributed by atoms with Gasteiger partial charge in [0, 0.05) is 6.54 Å². The fraction of sp³-hybridized carbons (Fsp3) is 0.235. The number of ether oxygens (including phenoxy) is 1. The van der Waals surface area contributed by atoms with E-state index >= 15 is 0 Å². The first-order valence-electron chi connectivity index (χ1n) is 6.67. The fourth-order valence-electron chi connectivity index (χ4n) is 2.73. The van der Waals surface area contributed by atoms with Crippen LogP contribution >= 0.6 is 0 Å². The summed E-state index contributed by atoms with van der Waals surface area (Å²) in [5.74, 6) is 0.851. The molecule has 0 saturated carbocycles. The molecule has 0 spiro atoms. The Morgan fingerprint density at radius 2 is 1.70 bits per heavy atom. The first-order valence-corrected chi connectivity index (χ1v) is 6.67. The van der Waals surface area contributed by atoms with Crippen LogP contribution in [0.1, 0.15) is 12.5 Å². The molecular formula is C17H17NO2. The van der Waals surface area contributed by atoms with Crippen molar-refractivity contribution >= 4 is 11.6 Å². The van der Waals surface area contributed by atoms with Crippen LogP contribution in [0.5, 0.6) is 5.75 Å². The molecule has 0 radical (unpaired) electrons. The third-order valence-electron chi connectivity index (χ3n) is 3.98. The predicted octanol–water partition coefficient (Wildman–Crippen LogP) is 3.00. The number of anilines is 1. The zero-order valence-corrected chi connectivity index (χ0v) is 11.7. The predicted molar refractivity (Wildman–Crippen MR) is 79.1 cm³/mol. The van der Waals surface area contributed by atoms with Crippen LogP contribution in [0.25, 0.3) is 0 Å². The van der Waals surface area contributed by atoms with Crippen molar-refractivity contribution in [2.24, 2.45) is 0 Å². The number of para-hydroxylation sites is 2. The molecule has 102 valence electrons. The standard InChI is InChI=1S/C17H17NO2/c1-17(13-8-4-3-5-9-13)12-18(16(17)19)14-10-6-7-11-15(14)20-2/h3-11H,12H2,1-2H3. The van der Waals surface area contributed by atoms with Crippen molar-refractivity contribution in [1.29, 1.82) is 0 Å². The molecule has 0 N–H and O–H groups in total. The van der Waals surface area contributed by atoms with Crippen LogP contribution in [-0.2, 0) is 10.2 Å². The lowest BCUT2D eigenvalue weighted by molar-refractivity contribution is -0.128. The van der Waals surface area contributed by atoms with E-state index < -0.39 is 5.41 Å². The SMILES string of the molecule is COc1ccccc1N1CC(C)(c2ccccc2)C1=O. The van der Waals surface area contributed by atoms with Gasteiger partial charge < -0.3 is 9.64 Å². The molecule has 3 heteroatoms. The smallest absolute Gasteiger partial charge is 0.239 e. The molecule has 0 aromatic heterocycles. The largest absolute Gasteiger partial charge is 0.495 e. The molecule has 1 saturated heterocycles. The number of β-lactam (4-membered cyclic amide) rings is 1. The Bertz CT molecular complexity index is 638. The molecule has 1 aliphatic heterocycles. The molecule has 1 unspecified atom stereocenters. The van der Waals surface area contributed by atoms with Gasteiger partial charge in [0.05, 0.1) is 18.2 Å². The highest BCUT2D eigenvalue weighted by atomic mass is 16.5. The molecule has 1 amide bonds. The molecular weight excluding hydrogens is 250 g/mol. The van der Waals surface area contributed by atoms with E-state index in [-0.39, 0.29) is 5.91 Å². The van der Waals surface area contributed by atoms with Crippen LogP contribution in [-0.4, -0.2) is 19.6 Å². The van der Waals surface area contributed by atoms with Crippen LogP contribution < -0.4 is 9.64 Å². The maximum absolute atomic E-state index is 12.6. The number of methoxy groups -OCH3 is 1. The van der Waals surface area contributed by atoms with Gasteiger partial charge in [0.25, 0.3) is 0 Å². The maximum Gasteiger partial charge on any atom is 0.239 e. The summed E-state index contributed by atoms with van der Waals surface area (Å²) in [6.07, 6.45) is 0. The number of carbonyl (C=O) groups is 1. The summed E-state index contributed by atoms with van der Waals surface area (Å²) in [6.45, 7) is 2.67. The van der Waals surface area contributed by atoms with E-state index in [2.05, 4.69) is 0 Å². The van der Waals surface area contributed by atoms with Gasteiger partial charge >= 0.3 is 0 Å². The molecule has 2 aromatic carbocycles. The molecule has 0 aliphatic carbocycles. The van der Waals surface area contributed by atoms with Gasteiger partial charge in [0.1, 0.15) is 5.75 Å². The van der Waals surface area contributed by atoms with Crippen LogP contribution in [0.15, 0.2) is 54.6 Å². The number of hydrogen-bond donors (Lipinski definition) is 0. The summed E-state index contributed by atoms with van der Waals surface area (Å²) < 4.78 is 5.33. The zero-order valence-electron chi connectivity index (χ0n) is 11.7. The molecule has 1 fully saturated rings. The quantitative estimate of drug-likeness (QED) is 0.800. The van der Waals surface area contributed by atoms with Crippen molar-refractivity contribution in [3.05, 3.63) is 60.2 Å². The Kier molecular flexibility index (Phi) is 2.97. The Balaban J connectivity index is 1.90. The van der Waals surface area contributed by atoms with Crippen molar-refractivity contribution in [1.82, 2.24) is 0 Å². The van der Waals surface area contributed by atoms with Gasteiger partial charge in [-0.05, 0) is 24.6 Å². The van der Waals surface area contributed by atoms with E-state index in [9.17, 15) is 4.79 Å². The number of carbonyl (C=O) groups excluding carboxylic acids is 1. The topological polar surface area (TPSA) is 29.5 Å². The lowest BCUT2D eigenvalue weighted by Gasteiger charge is -2.47. The number of hydrogen-bond acceptors (Lipinski definition) is 2. The highest BCUT2D eigenvalue weighted by Gasteiger charge is 2.50. The van der Waals surface area contributed by atoms with E-state index in [1.54, 1.807) is 12.0 Å². The molecule has 0 bridgehead atoms. The average molecular weight is 267 g/mol. The third-order valence-corrected chi connectivity index (χ3v) is 3.98. The van der Waals surface area contributed by atoms with Gasteiger partial charge in [0.15, 0.2) is 0 Å². The van der Waals surface area contributed by atoms with Gasteiger partial charge in [-0.15, -0.1) is 0 Å². The van der Waals surface area contributed by atoms with Crippen molar-refractivity contribution in [2.45, 2.75) is 12.3 Å². The third kappa shape index (κ3) is 1.78. The average Bonchev–Trinajstić information content (AvgIpc) is 2.52. The Labute approximate surface area is 118 Å². The highest BCUT2D eigenvalue weighted by Crippen LogP contribution is 2.41. The van der Waals surface area contributed by atoms with Crippen LogP contribution in [0, 0.1) is 0 Å². The van der Waals surface area contributed by atoms with Crippen LogP contribution in [0.4, 0.5) is 5.69 Å². The number of nitrogens with zero attached hydrogens (tertiary/aromatic N) is 1. The van der Waals surface area contributed by atoms with Crippen LogP contribution in [0.3, 0.4) is 0 Å². The summed E-state index contributed by atoms with van der Waals surface area (Å²) in [7, 11) is 1.62. The van der Waals surface area contributed by atoms with Gasteiger partial charge in [0.2, 0.25) is 5.91 Å². The monoisotopic (exact) mass is 267 g/mol. The minimum atomic E-state index is -0.428. The molecule has 2 aromatic rings. The van der Waals surface area contributed by atoms with E-state index in [1.165, 1.54) is 0 Å². The minimum absolute atomic E-state index is 0.119. The molecule has 1 aliphatic rings. The summed E-state index contributed by atoms with van der Waals surface area (Å²) in [5.41, 5.74) is 1.48. The number of benzene rings is 2. The Morgan fingerprint density at radius 1 is 1.05 bits per heavy atom. The van der Waals surface area contributed by atoms with Crippen molar-refractivity contribution in [2.75, 3.05) is 18.6 Å². The van der Waals surface area contributed by atoms with Crippen LogP contribution in [0.2, 0.25) is 0 Å². The van der Waals surface area contributed by atoms with Crippen molar-refractivity contribution in [3.63, 3.8) is 0 Å². The molecule has 1 atom stereocenters. The van der Waals surface area contributed by atoms with Crippen molar-refractivity contribution in [3.8, 4) is 5.75 Å². The first-order chi connectivity index (χ1) is 9.66. The number of rotatable bonds is 3. The highest BCUT2D eigenvalue weighted by molar-refractivity contribution is 6.08. The molecule has 3 nitrogen and oxygen atoms in total.